The number of hydrogen-bond acceptors (Lipinski definition) is 3. The topological polar surface area (TPSA) is 38.8 Å². The van der Waals surface area contributed by atoms with Gasteiger partial charge >= 0.3 is 0 Å². The van der Waals surface area contributed by atoms with Crippen LogP contribution in [0.25, 0.3) is 0 Å². The summed E-state index contributed by atoms with van der Waals surface area (Å²) in [5.41, 5.74) is 3.56. The number of carbonyl (C=O) groups excluding carboxylic acids is 1. The number of nitrogens with zero attached hydrogens (tertiary/aromatic N) is 1. The number of fused-ring (bicyclic) bond motifs is 1. The van der Waals surface area contributed by atoms with E-state index >= 15 is 0 Å². The number of benzene rings is 3. The van der Waals surface area contributed by atoms with Gasteiger partial charge in [-0.1, -0.05) is 66.7 Å². The van der Waals surface area contributed by atoms with Crippen molar-refractivity contribution in [3.8, 4) is 11.5 Å². The number of methoxy groups -OCH3 is 2. The van der Waals surface area contributed by atoms with Gasteiger partial charge in [0.25, 0.3) is 0 Å². The van der Waals surface area contributed by atoms with E-state index in [4.69, 9.17) is 9.47 Å². The van der Waals surface area contributed by atoms with Crippen LogP contribution in [-0.2, 0) is 11.3 Å². The third kappa shape index (κ3) is 4.33. The molecule has 1 heterocycles. The Morgan fingerprint density at radius 2 is 1.41 bits per heavy atom. The van der Waals surface area contributed by atoms with E-state index in [1.165, 1.54) is 11.1 Å². The van der Waals surface area contributed by atoms with E-state index in [0.717, 1.165) is 30.0 Å². The van der Waals surface area contributed by atoms with Crippen molar-refractivity contribution in [2.45, 2.75) is 24.8 Å². The number of amides is 1. The van der Waals surface area contributed by atoms with Gasteiger partial charge in [0.2, 0.25) is 5.91 Å². The Kier molecular flexibility index (Phi) is 6.39. The summed E-state index contributed by atoms with van der Waals surface area (Å²) >= 11 is 0. The zero-order valence-electron chi connectivity index (χ0n) is 19.8. The predicted octanol–water partition coefficient (Wildman–Crippen LogP) is 5.81. The van der Waals surface area contributed by atoms with Gasteiger partial charge in [-0.2, -0.15) is 0 Å². The molecule has 0 saturated carbocycles. The first-order chi connectivity index (χ1) is 16.7. The Bertz CT molecular complexity index is 1140. The zero-order valence-corrected chi connectivity index (χ0v) is 19.8. The normalized spacial score (nSPS) is 23.9. The minimum atomic E-state index is -0.0874. The second kappa shape index (κ2) is 9.76. The molecule has 3 aromatic carbocycles. The molecule has 174 valence electrons. The lowest BCUT2D eigenvalue weighted by molar-refractivity contribution is -0.142. The van der Waals surface area contributed by atoms with Crippen molar-refractivity contribution in [3.63, 3.8) is 0 Å². The number of likely N-dealkylation sites (tertiary alicyclic amines) is 1. The first-order valence-corrected chi connectivity index (χ1v) is 12.0. The van der Waals surface area contributed by atoms with E-state index in [1.54, 1.807) is 14.2 Å². The molecule has 2 aliphatic rings. The standard InChI is InChI=1S/C30H31NO3/c1-33-25-13-8-21(9-14-25)20-31-19-18-24-12-17-27(22-6-4-3-5-7-22)28(29(24)30(31)32)23-10-15-26(34-2)16-11-23/h3-17,24,27-29H,18-20H2,1-2H3/t24-,27+,28+,29+/m1/s1. The van der Waals surface area contributed by atoms with Gasteiger partial charge in [0.15, 0.2) is 0 Å². The Morgan fingerprint density at radius 3 is 2.06 bits per heavy atom. The molecule has 1 amide bonds. The fourth-order valence-corrected chi connectivity index (χ4v) is 5.57. The number of allylic oxidation sites excluding steroid dienone is 2. The fraction of sp³-hybridized carbons (Fsp3) is 0.300. The highest BCUT2D eigenvalue weighted by Crippen LogP contribution is 2.49. The highest BCUT2D eigenvalue weighted by Gasteiger charge is 2.46. The molecule has 1 aliphatic carbocycles. The molecule has 4 heteroatoms. The number of hydrogen-bond donors (Lipinski definition) is 0. The zero-order chi connectivity index (χ0) is 23.5. The van der Waals surface area contributed by atoms with Crippen LogP contribution >= 0.6 is 0 Å². The largest absolute Gasteiger partial charge is 0.497 e. The van der Waals surface area contributed by atoms with Crippen molar-refractivity contribution in [1.82, 2.24) is 4.90 Å². The highest BCUT2D eigenvalue weighted by molar-refractivity contribution is 5.82. The first-order valence-electron chi connectivity index (χ1n) is 12.0. The lowest BCUT2D eigenvalue weighted by atomic mass is 9.63. The van der Waals surface area contributed by atoms with E-state index in [0.29, 0.717) is 6.54 Å². The molecule has 1 saturated heterocycles. The van der Waals surface area contributed by atoms with E-state index in [9.17, 15) is 4.79 Å². The van der Waals surface area contributed by atoms with Crippen molar-refractivity contribution >= 4 is 5.91 Å². The van der Waals surface area contributed by atoms with Gasteiger partial charge < -0.3 is 14.4 Å². The van der Waals surface area contributed by atoms with Crippen molar-refractivity contribution in [2.75, 3.05) is 20.8 Å². The van der Waals surface area contributed by atoms with Crippen LogP contribution < -0.4 is 9.47 Å². The SMILES string of the molecule is COc1ccc(CN2CC[C@H]3C=C[C@@H](c4ccccc4)[C@H](c4ccc(OC)cc4)[C@H]3C2=O)cc1. The quantitative estimate of drug-likeness (QED) is 0.443. The minimum Gasteiger partial charge on any atom is -0.497 e. The summed E-state index contributed by atoms with van der Waals surface area (Å²) in [4.78, 5) is 16.1. The molecule has 0 unspecified atom stereocenters. The summed E-state index contributed by atoms with van der Waals surface area (Å²) in [6.07, 6.45) is 5.61. The van der Waals surface area contributed by atoms with Crippen LogP contribution in [0, 0.1) is 11.8 Å². The molecule has 5 rings (SSSR count). The summed E-state index contributed by atoms with van der Waals surface area (Å²) in [6, 6.07) is 26.9. The maximum atomic E-state index is 14.0. The predicted molar refractivity (Wildman–Crippen MR) is 134 cm³/mol. The molecule has 1 aliphatic heterocycles. The molecule has 0 N–H and O–H groups in total. The Morgan fingerprint density at radius 1 is 0.765 bits per heavy atom. The molecular formula is C30H31NO3. The summed E-state index contributed by atoms with van der Waals surface area (Å²) in [5.74, 6) is 2.31. The van der Waals surface area contributed by atoms with Gasteiger partial charge in [0.05, 0.1) is 20.1 Å². The number of ether oxygens (including phenoxy) is 2. The summed E-state index contributed by atoms with van der Waals surface area (Å²) < 4.78 is 10.7. The first kappa shape index (κ1) is 22.3. The Labute approximate surface area is 201 Å². The van der Waals surface area contributed by atoms with Crippen LogP contribution in [0.4, 0.5) is 0 Å². The molecule has 3 aromatic rings. The molecule has 4 atom stereocenters. The molecule has 4 nitrogen and oxygen atoms in total. The van der Waals surface area contributed by atoms with Gasteiger partial charge in [-0.15, -0.1) is 0 Å². The van der Waals surface area contributed by atoms with Crippen LogP contribution in [0.5, 0.6) is 11.5 Å². The van der Waals surface area contributed by atoms with Crippen LogP contribution in [-0.4, -0.2) is 31.6 Å². The lowest BCUT2D eigenvalue weighted by Gasteiger charge is -2.45. The van der Waals surface area contributed by atoms with Gasteiger partial charge in [0.1, 0.15) is 11.5 Å². The molecule has 0 spiro atoms. The van der Waals surface area contributed by atoms with Gasteiger partial charge in [-0.25, -0.2) is 0 Å². The summed E-state index contributed by atoms with van der Waals surface area (Å²) in [7, 11) is 3.35. The van der Waals surface area contributed by atoms with Crippen molar-refractivity contribution in [3.05, 3.63) is 108 Å². The van der Waals surface area contributed by atoms with E-state index < -0.39 is 0 Å². The highest BCUT2D eigenvalue weighted by atomic mass is 16.5. The fourth-order valence-electron chi connectivity index (χ4n) is 5.57. The maximum Gasteiger partial charge on any atom is 0.227 e. The van der Waals surface area contributed by atoms with E-state index in [-0.39, 0.29) is 29.6 Å². The Balaban J connectivity index is 1.49. The molecule has 0 bridgehead atoms. The summed E-state index contributed by atoms with van der Waals surface area (Å²) in [5, 5.41) is 0. The maximum absolute atomic E-state index is 14.0. The van der Waals surface area contributed by atoms with Crippen LogP contribution in [0.3, 0.4) is 0 Å². The van der Waals surface area contributed by atoms with E-state index in [1.807, 2.05) is 47.4 Å². The van der Waals surface area contributed by atoms with Crippen molar-refractivity contribution in [2.24, 2.45) is 11.8 Å². The molecule has 0 radical (unpaired) electrons. The average molecular weight is 454 g/mol. The smallest absolute Gasteiger partial charge is 0.227 e. The molecule has 1 fully saturated rings. The monoisotopic (exact) mass is 453 g/mol. The van der Waals surface area contributed by atoms with Gasteiger partial charge in [0, 0.05) is 24.9 Å². The van der Waals surface area contributed by atoms with Crippen LogP contribution in [0.2, 0.25) is 0 Å². The second-order valence-electron chi connectivity index (χ2n) is 9.21. The van der Waals surface area contributed by atoms with E-state index in [2.05, 4.69) is 48.6 Å². The van der Waals surface area contributed by atoms with Gasteiger partial charge in [-0.05, 0) is 53.3 Å². The van der Waals surface area contributed by atoms with Crippen molar-refractivity contribution < 1.29 is 14.3 Å². The molecule has 0 aromatic heterocycles. The van der Waals surface area contributed by atoms with Crippen LogP contribution in [0.15, 0.2) is 91.0 Å². The molecular weight excluding hydrogens is 422 g/mol. The second-order valence-corrected chi connectivity index (χ2v) is 9.21. The Hall–Kier alpha value is -3.53. The number of rotatable bonds is 6. The third-order valence-electron chi connectivity index (χ3n) is 7.35. The van der Waals surface area contributed by atoms with Crippen LogP contribution in [0.1, 0.15) is 34.9 Å². The van der Waals surface area contributed by atoms with Crippen molar-refractivity contribution in [1.29, 1.82) is 0 Å². The number of piperidine rings is 1. The lowest BCUT2D eigenvalue weighted by Crippen LogP contribution is -2.49. The average Bonchev–Trinajstić information content (AvgIpc) is 2.90. The summed E-state index contributed by atoms with van der Waals surface area (Å²) in [6.45, 7) is 1.41. The molecule has 34 heavy (non-hydrogen) atoms. The third-order valence-corrected chi connectivity index (χ3v) is 7.35. The minimum absolute atomic E-state index is 0.0782. The van der Waals surface area contributed by atoms with Gasteiger partial charge in [-0.3, -0.25) is 4.79 Å². The number of carbonyl (C=O) groups is 1.